The van der Waals surface area contributed by atoms with Gasteiger partial charge in [0.1, 0.15) is 0 Å². The molecule has 0 unspecified atom stereocenters. The van der Waals surface area contributed by atoms with Gasteiger partial charge in [-0.15, -0.1) is 0 Å². The molecule has 0 atom stereocenters. The summed E-state index contributed by atoms with van der Waals surface area (Å²) in [7, 11) is 0. The molecule has 1 aliphatic rings. The van der Waals surface area contributed by atoms with Crippen molar-refractivity contribution in [3.63, 3.8) is 0 Å². The molecule has 0 N–H and O–H groups in total. The zero-order valence-corrected chi connectivity index (χ0v) is 27.8. The lowest BCUT2D eigenvalue weighted by Crippen LogP contribution is -2.23. The molecule has 0 radical (unpaired) electrons. The number of aromatic nitrogens is 4. The van der Waals surface area contributed by atoms with Crippen LogP contribution in [0.15, 0.2) is 158 Å². The number of hydrogen-bond donors (Lipinski definition) is 0. The van der Waals surface area contributed by atoms with Crippen LogP contribution in [0.4, 0.5) is 0 Å². The van der Waals surface area contributed by atoms with Gasteiger partial charge in [-0.1, -0.05) is 141 Å². The van der Waals surface area contributed by atoms with Crippen LogP contribution in [0.3, 0.4) is 0 Å². The first kappa shape index (κ1) is 28.6. The average molecular weight is 641 g/mol. The quantitative estimate of drug-likeness (QED) is 0.192. The second-order valence-corrected chi connectivity index (χ2v) is 13.7. The van der Waals surface area contributed by atoms with Gasteiger partial charge in [-0.3, -0.25) is 0 Å². The monoisotopic (exact) mass is 640 g/mol. The lowest BCUT2D eigenvalue weighted by Gasteiger charge is -2.35. The molecule has 10 rings (SSSR count). The molecule has 0 saturated carbocycles. The standard InChI is InChI=1S/C46H32N4/c1-46(2)38-24-13-19-29-18-12-23-35(42(29)38)36-28-41-37(27-39(36)46)34-22-9-10-25-40(34)50(41)33-21-11-20-32(26-33)45-48-43(30-14-5-3-6-15-30)47-44(49-45)31-16-7-4-8-17-31/h3-28H,1-2H3. The Bertz CT molecular complexity index is 2710. The summed E-state index contributed by atoms with van der Waals surface area (Å²) in [4.78, 5) is 15.0. The van der Waals surface area contributed by atoms with Crippen molar-refractivity contribution in [2.45, 2.75) is 19.3 Å². The highest BCUT2D eigenvalue weighted by Crippen LogP contribution is 2.50. The Morgan fingerprint density at radius 1 is 0.440 bits per heavy atom. The Kier molecular flexibility index (Phi) is 6.19. The minimum Gasteiger partial charge on any atom is -0.309 e. The predicted molar refractivity (Wildman–Crippen MR) is 206 cm³/mol. The summed E-state index contributed by atoms with van der Waals surface area (Å²) < 4.78 is 2.40. The van der Waals surface area contributed by atoms with E-state index in [2.05, 4.69) is 115 Å². The number of hydrogen-bond acceptors (Lipinski definition) is 3. The van der Waals surface area contributed by atoms with Crippen molar-refractivity contribution in [2.75, 3.05) is 0 Å². The molecule has 0 amide bonds. The Balaban J connectivity index is 1.21. The second-order valence-electron chi connectivity index (χ2n) is 13.7. The number of para-hydroxylation sites is 1. The second kappa shape index (κ2) is 10.8. The van der Waals surface area contributed by atoms with Gasteiger partial charge in [0.05, 0.1) is 11.0 Å². The molecule has 4 heteroatoms. The van der Waals surface area contributed by atoms with E-state index in [-0.39, 0.29) is 5.41 Å². The third kappa shape index (κ3) is 4.28. The van der Waals surface area contributed by atoms with Gasteiger partial charge in [0.2, 0.25) is 0 Å². The van der Waals surface area contributed by atoms with Gasteiger partial charge >= 0.3 is 0 Å². The highest BCUT2D eigenvalue weighted by molar-refractivity contribution is 6.13. The van der Waals surface area contributed by atoms with Crippen molar-refractivity contribution in [2.24, 2.45) is 0 Å². The fourth-order valence-corrected chi connectivity index (χ4v) is 7.99. The van der Waals surface area contributed by atoms with Crippen molar-refractivity contribution < 1.29 is 0 Å². The minimum atomic E-state index is -0.147. The third-order valence-electron chi connectivity index (χ3n) is 10.4. The predicted octanol–water partition coefficient (Wildman–Crippen LogP) is 11.4. The molecule has 1 aliphatic carbocycles. The Labute approximate surface area is 290 Å². The van der Waals surface area contributed by atoms with Crippen LogP contribution in [-0.2, 0) is 5.41 Å². The largest absolute Gasteiger partial charge is 0.309 e. The first-order chi connectivity index (χ1) is 24.5. The van der Waals surface area contributed by atoms with E-state index in [1.54, 1.807) is 0 Å². The number of fused-ring (bicyclic) bond motifs is 5. The summed E-state index contributed by atoms with van der Waals surface area (Å²) in [5, 5.41) is 5.13. The summed E-state index contributed by atoms with van der Waals surface area (Å²) in [6.45, 7) is 4.74. The molecule has 9 aromatic rings. The summed E-state index contributed by atoms with van der Waals surface area (Å²) in [5.41, 5.74) is 11.4. The zero-order valence-electron chi connectivity index (χ0n) is 27.8. The van der Waals surface area contributed by atoms with E-state index in [4.69, 9.17) is 15.0 Å². The maximum atomic E-state index is 5.03. The molecule has 4 nitrogen and oxygen atoms in total. The zero-order chi connectivity index (χ0) is 33.4. The van der Waals surface area contributed by atoms with Gasteiger partial charge in [0, 0.05) is 38.6 Å². The molecule has 0 saturated heterocycles. The smallest absolute Gasteiger partial charge is 0.164 e. The summed E-state index contributed by atoms with van der Waals surface area (Å²) in [6, 6.07) is 55.9. The van der Waals surface area contributed by atoms with Crippen LogP contribution in [0.2, 0.25) is 0 Å². The highest BCUT2D eigenvalue weighted by Gasteiger charge is 2.34. The van der Waals surface area contributed by atoms with Gasteiger partial charge in [0.15, 0.2) is 17.5 Å². The van der Waals surface area contributed by atoms with E-state index in [0.29, 0.717) is 17.5 Å². The highest BCUT2D eigenvalue weighted by atomic mass is 15.0. The van der Waals surface area contributed by atoms with Crippen molar-refractivity contribution in [1.29, 1.82) is 0 Å². The summed E-state index contributed by atoms with van der Waals surface area (Å²) in [5.74, 6) is 1.95. The molecule has 0 bridgehead atoms. The van der Waals surface area contributed by atoms with Crippen LogP contribution in [0, 0.1) is 0 Å². The van der Waals surface area contributed by atoms with Gasteiger partial charge < -0.3 is 4.57 Å². The molecule has 0 spiro atoms. The number of benzene rings is 7. The average Bonchev–Trinajstić information content (AvgIpc) is 3.50. The Morgan fingerprint density at radius 2 is 1.04 bits per heavy atom. The number of rotatable bonds is 4. The van der Waals surface area contributed by atoms with Crippen LogP contribution in [-0.4, -0.2) is 19.5 Å². The molecular formula is C46H32N4. The van der Waals surface area contributed by atoms with E-state index in [1.807, 2.05) is 60.7 Å². The van der Waals surface area contributed by atoms with Crippen LogP contribution in [0.25, 0.3) is 83.6 Å². The van der Waals surface area contributed by atoms with E-state index in [0.717, 1.165) is 22.4 Å². The van der Waals surface area contributed by atoms with Gasteiger partial charge in [-0.25, -0.2) is 15.0 Å². The van der Waals surface area contributed by atoms with Crippen LogP contribution in [0.1, 0.15) is 25.0 Å². The minimum absolute atomic E-state index is 0.147. The van der Waals surface area contributed by atoms with Gasteiger partial charge in [-0.05, 0) is 63.4 Å². The van der Waals surface area contributed by atoms with Crippen molar-refractivity contribution >= 4 is 32.6 Å². The maximum Gasteiger partial charge on any atom is 0.164 e. The molecule has 50 heavy (non-hydrogen) atoms. The Morgan fingerprint density at radius 3 is 1.76 bits per heavy atom. The van der Waals surface area contributed by atoms with E-state index < -0.39 is 0 Å². The third-order valence-corrected chi connectivity index (χ3v) is 10.4. The summed E-state index contributed by atoms with van der Waals surface area (Å²) >= 11 is 0. The van der Waals surface area contributed by atoms with Gasteiger partial charge in [0.25, 0.3) is 0 Å². The molecular weight excluding hydrogens is 609 g/mol. The molecule has 2 heterocycles. The van der Waals surface area contributed by atoms with Crippen molar-refractivity contribution in [3.8, 4) is 51.0 Å². The maximum absolute atomic E-state index is 5.03. The molecule has 0 fully saturated rings. The molecule has 236 valence electrons. The van der Waals surface area contributed by atoms with Crippen LogP contribution in [0.5, 0.6) is 0 Å². The first-order valence-corrected chi connectivity index (χ1v) is 17.1. The number of nitrogens with zero attached hydrogens (tertiary/aromatic N) is 4. The normalized spacial score (nSPS) is 13.2. The van der Waals surface area contributed by atoms with Crippen molar-refractivity contribution in [1.82, 2.24) is 19.5 Å². The van der Waals surface area contributed by atoms with Crippen LogP contribution < -0.4 is 0 Å². The Hall–Kier alpha value is -6.39. The fourth-order valence-electron chi connectivity index (χ4n) is 7.99. The molecule has 2 aromatic heterocycles. The van der Waals surface area contributed by atoms with Crippen LogP contribution >= 0.6 is 0 Å². The first-order valence-electron chi connectivity index (χ1n) is 17.1. The van der Waals surface area contributed by atoms with Gasteiger partial charge in [-0.2, -0.15) is 0 Å². The van der Waals surface area contributed by atoms with E-state index >= 15 is 0 Å². The lowest BCUT2D eigenvalue weighted by atomic mass is 9.68. The molecule has 0 aliphatic heterocycles. The topological polar surface area (TPSA) is 43.6 Å². The SMILES string of the molecule is CC1(C)c2cc3c4ccccc4n(-c4cccc(-c5nc(-c6ccccc6)nc(-c6ccccc6)n5)c4)c3cc2-c2cccc3cccc1c23. The summed E-state index contributed by atoms with van der Waals surface area (Å²) in [6.07, 6.45) is 0. The van der Waals surface area contributed by atoms with E-state index in [9.17, 15) is 0 Å². The lowest BCUT2D eigenvalue weighted by molar-refractivity contribution is 0.646. The van der Waals surface area contributed by atoms with E-state index in [1.165, 1.54) is 54.8 Å². The fraction of sp³-hybridized carbons (Fsp3) is 0.0652. The van der Waals surface area contributed by atoms with Crippen molar-refractivity contribution in [3.05, 3.63) is 169 Å². The molecule has 7 aromatic carbocycles.